The molecule has 2 heteroatoms. The highest BCUT2D eigenvalue weighted by Crippen LogP contribution is 2.30. The van der Waals surface area contributed by atoms with Crippen LogP contribution in [0.1, 0.15) is 68.5 Å². The Morgan fingerprint density at radius 1 is 0.556 bits per heavy atom. The number of rotatable bonds is 8. The van der Waals surface area contributed by atoms with E-state index in [1.807, 2.05) is 0 Å². The van der Waals surface area contributed by atoms with Gasteiger partial charge in [-0.05, 0) is 142 Å². The average Bonchev–Trinajstić information content (AvgIpc) is 2.60. The molecule has 0 aliphatic rings. The highest BCUT2D eigenvalue weighted by molar-refractivity contribution is 5.51. The molecule has 0 unspecified atom stereocenters. The summed E-state index contributed by atoms with van der Waals surface area (Å²) in [6.07, 6.45) is 5.28. The van der Waals surface area contributed by atoms with Gasteiger partial charge in [-0.25, -0.2) is 0 Å². The number of benzene rings is 2. The molecular formula is C25H38N2. The van der Waals surface area contributed by atoms with Gasteiger partial charge in [0.15, 0.2) is 0 Å². The van der Waals surface area contributed by atoms with Gasteiger partial charge >= 0.3 is 0 Å². The van der Waals surface area contributed by atoms with Crippen molar-refractivity contribution < 1.29 is 0 Å². The predicted molar refractivity (Wildman–Crippen MR) is 119 cm³/mol. The Kier molecular flexibility index (Phi) is 7.64. The topological polar surface area (TPSA) is 52.0 Å². The van der Waals surface area contributed by atoms with Crippen molar-refractivity contribution in [2.75, 3.05) is 13.1 Å². The highest BCUT2D eigenvalue weighted by atomic mass is 14.5. The van der Waals surface area contributed by atoms with Crippen LogP contribution in [0.2, 0.25) is 0 Å². The molecule has 0 bridgehead atoms. The van der Waals surface area contributed by atoms with Crippen LogP contribution in [0.25, 0.3) is 0 Å². The van der Waals surface area contributed by atoms with Gasteiger partial charge in [0.25, 0.3) is 0 Å². The van der Waals surface area contributed by atoms with E-state index in [0.717, 1.165) is 45.2 Å². The molecule has 27 heavy (non-hydrogen) atoms. The van der Waals surface area contributed by atoms with Gasteiger partial charge in [0.2, 0.25) is 0 Å². The number of hydrogen-bond acceptors (Lipinski definition) is 2. The molecule has 0 saturated heterocycles. The van der Waals surface area contributed by atoms with Crippen molar-refractivity contribution in [3.8, 4) is 0 Å². The van der Waals surface area contributed by atoms with E-state index < -0.39 is 0 Å². The average molecular weight is 367 g/mol. The summed E-state index contributed by atoms with van der Waals surface area (Å²) in [4.78, 5) is 0. The zero-order valence-electron chi connectivity index (χ0n) is 18.3. The minimum Gasteiger partial charge on any atom is -0.330 e. The van der Waals surface area contributed by atoms with Crippen molar-refractivity contribution in [2.24, 2.45) is 11.5 Å². The minimum atomic E-state index is 0.753. The summed E-state index contributed by atoms with van der Waals surface area (Å²) in [5.74, 6) is 0. The van der Waals surface area contributed by atoms with E-state index in [1.165, 1.54) is 55.6 Å². The van der Waals surface area contributed by atoms with Crippen LogP contribution in [0.5, 0.6) is 0 Å². The maximum atomic E-state index is 5.77. The van der Waals surface area contributed by atoms with Gasteiger partial charge in [0.1, 0.15) is 0 Å². The largest absolute Gasteiger partial charge is 0.330 e. The van der Waals surface area contributed by atoms with E-state index in [0.29, 0.717) is 0 Å². The Bertz CT molecular complexity index is 735. The molecule has 2 aromatic rings. The molecule has 0 amide bonds. The molecule has 148 valence electrons. The molecular weight excluding hydrogens is 328 g/mol. The summed E-state index contributed by atoms with van der Waals surface area (Å²) in [6.45, 7) is 15.1. The Hall–Kier alpha value is -1.64. The fourth-order valence-corrected chi connectivity index (χ4v) is 4.59. The molecule has 2 nitrogen and oxygen atoms in total. The molecule has 0 saturated carbocycles. The molecule has 2 rings (SSSR count). The molecule has 0 spiro atoms. The van der Waals surface area contributed by atoms with Crippen LogP contribution in [0, 0.1) is 41.5 Å². The molecule has 0 radical (unpaired) electrons. The first-order chi connectivity index (χ1) is 12.8. The van der Waals surface area contributed by atoms with Crippen LogP contribution in [0.15, 0.2) is 12.1 Å². The van der Waals surface area contributed by atoms with Crippen molar-refractivity contribution in [1.29, 1.82) is 0 Å². The van der Waals surface area contributed by atoms with Gasteiger partial charge in [-0.1, -0.05) is 12.1 Å². The molecule has 0 aliphatic carbocycles. The monoisotopic (exact) mass is 366 g/mol. The van der Waals surface area contributed by atoms with Crippen molar-refractivity contribution in [3.05, 3.63) is 67.8 Å². The summed E-state index contributed by atoms with van der Waals surface area (Å²) in [5, 5.41) is 0. The smallest absolute Gasteiger partial charge is 0.00151 e. The number of hydrogen-bond donors (Lipinski definition) is 2. The molecule has 4 N–H and O–H groups in total. The van der Waals surface area contributed by atoms with Crippen LogP contribution in [-0.4, -0.2) is 13.1 Å². The summed E-state index contributed by atoms with van der Waals surface area (Å²) in [5.41, 5.74) is 26.1. The lowest BCUT2D eigenvalue weighted by Gasteiger charge is -2.21. The highest BCUT2D eigenvalue weighted by Gasteiger charge is 2.16. The zero-order valence-corrected chi connectivity index (χ0v) is 18.3. The Labute approximate surface area is 166 Å². The van der Waals surface area contributed by atoms with Crippen LogP contribution < -0.4 is 11.5 Å². The summed E-state index contributed by atoms with van der Waals surface area (Å²) in [7, 11) is 0. The quantitative estimate of drug-likeness (QED) is 0.697. The lowest BCUT2D eigenvalue weighted by atomic mass is 9.84. The summed E-state index contributed by atoms with van der Waals surface area (Å²) >= 11 is 0. The van der Waals surface area contributed by atoms with Crippen LogP contribution in [0.3, 0.4) is 0 Å². The standard InChI is InChI=1S/C25H38N2/c1-16-13-18(3)24(20(5)22(16)9-7-11-26)15-25-19(4)14-17(2)23(21(25)6)10-8-12-27/h13-14H,7-12,15,26-27H2,1-6H3. The second-order valence-electron chi connectivity index (χ2n) is 8.15. The normalized spacial score (nSPS) is 11.3. The molecule has 0 heterocycles. The second-order valence-corrected chi connectivity index (χ2v) is 8.15. The SMILES string of the molecule is Cc1cc(C)c(Cc2c(C)cc(C)c(CCCN)c2C)c(C)c1CCCN. The minimum absolute atomic E-state index is 0.753. The maximum Gasteiger partial charge on any atom is -0.00151 e. The van der Waals surface area contributed by atoms with E-state index in [1.54, 1.807) is 0 Å². The molecule has 0 aliphatic heterocycles. The van der Waals surface area contributed by atoms with Gasteiger partial charge in [-0.2, -0.15) is 0 Å². The first-order valence-corrected chi connectivity index (χ1v) is 10.4. The summed E-state index contributed by atoms with van der Waals surface area (Å²) < 4.78 is 0. The molecule has 0 aromatic heterocycles. The second kappa shape index (κ2) is 9.52. The number of aryl methyl sites for hydroxylation is 4. The van der Waals surface area contributed by atoms with E-state index in [2.05, 4.69) is 53.7 Å². The predicted octanol–water partition coefficient (Wildman–Crippen LogP) is 4.91. The fourth-order valence-electron chi connectivity index (χ4n) is 4.59. The summed E-state index contributed by atoms with van der Waals surface area (Å²) in [6, 6.07) is 4.73. The van der Waals surface area contributed by atoms with Crippen LogP contribution in [-0.2, 0) is 19.3 Å². The molecule has 2 aromatic carbocycles. The Balaban J connectivity index is 2.50. The van der Waals surface area contributed by atoms with E-state index >= 15 is 0 Å². The third-order valence-electron chi connectivity index (χ3n) is 6.20. The Morgan fingerprint density at radius 3 is 1.22 bits per heavy atom. The first-order valence-electron chi connectivity index (χ1n) is 10.4. The lowest BCUT2D eigenvalue weighted by molar-refractivity contribution is 0.815. The zero-order chi connectivity index (χ0) is 20.1. The molecule has 0 fully saturated rings. The first kappa shape index (κ1) is 21.7. The van der Waals surface area contributed by atoms with E-state index in [4.69, 9.17) is 11.5 Å². The van der Waals surface area contributed by atoms with Crippen molar-refractivity contribution >= 4 is 0 Å². The number of nitrogens with two attached hydrogens (primary N) is 2. The van der Waals surface area contributed by atoms with Gasteiger partial charge in [0.05, 0.1) is 0 Å². The van der Waals surface area contributed by atoms with E-state index in [-0.39, 0.29) is 0 Å². The van der Waals surface area contributed by atoms with Crippen molar-refractivity contribution in [3.63, 3.8) is 0 Å². The van der Waals surface area contributed by atoms with Gasteiger partial charge in [0, 0.05) is 0 Å². The van der Waals surface area contributed by atoms with Gasteiger partial charge in [-0.15, -0.1) is 0 Å². The van der Waals surface area contributed by atoms with Gasteiger partial charge in [-0.3, -0.25) is 0 Å². The third kappa shape index (κ3) is 4.80. The lowest BCUT2D eigenvalue weighted by Crippen LogP contribution is -2.09. The van der Waals surface area contributed by atoms with Crippen molar-refractivity contribution in [2.45, 2.75) is 73.6 Å². The van der Waals surface area contributed by atoms with Gasteiger partial charge < -0.3 is 11.5 Å². The van der Waals surface area contributed by atoms with Crippen molar-refractivity contribution in [1.82, 2.24) is 0 Å². The fraction of sp³-hybridized carbons (Fsp3) is 0.520. The van der Waals surface area contributed by atoms with E-state index in [9.17, 15) is 0 Å². The maximum absolute atomic E-state index is 5.77. The Morgan fingerprint density at radius 2 is 0.889 bits per heavy atom. The third-order valence-corrected chi connectivity index (χ3v) is 6.20. The van der Waals surface area contributed by atoms with Crippen LogP contribution in [0.4, 0.5) is 0 Å². The molecule has 0 atom stereocenters. The van der Waals surface area contributed by atoms with Crippen LogP contribution >= 0.6 is 0 Å².